The molecule has 0 fully saturated rings. The Morgan fingerprint density at radius 3 is 2.62 bits per heavy atom. The van der Waals surface area contributed by atoms with Crippen molar-refractivity contribution < 1.29 is 9.47 Å². The van der Waals surface area contributed by atoms with Gasteiger partial charge in [-0.1, -0.05) is 11.6 Å². The summed E-state index contributed by atoms with van der Waals surface area (Å²) in [6.45, 7) is 0.435. The van der Waals surface area contributed by atoms with Crippen molar-refractivity contribution in [3.8, 4) is 11.5 Å². The molecule has 1 heterocycles. The second-order valence-corrected chi connectivity index (χ2v) is 4.52. The average molecular weight is 310 g/mol. The van der Waals surface area contributed by atoms with Crippen molar-refractivity contribution in [1.29, 1.82) is 0 Å². The summed E-state index contributed by atoms with van der Waals surface area (Å²) in [5, 5.41) is 3.18. The zero-order chi connectivity index (χ0) is 15.4. The first-order valence-electron chi connectivity index (χ1n) is 6.08. The molecule has 0 spiro atoms. The molecule has 1 aromatic carbocycles. The van der Waals surface area contributed by atoms with Gasteiger partial charge in [0.15, 0.2) is 11.0 Å². The summed E-state index contributed by atoms with van der Waals surface area (Å²) in [4.78, 5) is 7.79. The molecule has 0 radical (unpaired) electrons. The van der Waals surface area contributed by atoms with E-state index in [0.29, 0.717) is 23.9 Å². The van der Waals surface area contributed by atoms with Crippen LogP contribution in [0.3, 0.4) is 0 Å². The van der Waals surface area contributed by atoms with Crippen LogP contribution in [0.5, 0.6) is 11.5 Å². The first kappa shape index (κ1) is 15.0. The lowest BCUT2D eigenvalue weighted by Gasteiger charge is -2.13. The van der Waals surface area contributed by atoms with Crippen molar-refractivity contribution in [2.75, 3.05) is 31.0 Å². The van der Waals surface area contributed by atoms with Gasteiger partial charge in [0, 0.05) is 18.2 Å². The Hall–Kier alpha value is -2.41. The first-order valence-corrected chi connectivity index (χ1v) is 6.46. The van der Waals surface area contributed by atoms with E-state index < -0.39 is 0 Å². The van der Waals surface area contributed by atoms with Gasteiger partial charge >= 0.3 is 0 Å². The highest BCUT2D eigenvalue weighted by Crippen LogP contribution is 2.28. The predicted octanol–water partition coefficient (Wildman–Crippen LogP) is 1.92. The zero-order valence-corrected chi connectivity index (χ0v) is 12.4. The molecule has 0 unspecified atom stereocenters. The molecule has 7 nitrogen and oxygen atoms in total. The smallest absolute Gasteiger partial charge is 0.223 e. The average Bonchev–Trinajstić information content (AvgIpc) is 2.49. The van der Waals surface area contributed by atoms with Crippen molar-refractivity contribution in [1.82, 2.24) is 9.97 Å². The Morgan fingerprint density at radius 2 is 1.95 bits per heavy atom. The third-order valence-corrected chi connectivity index (χ3v) is 3.15. The topological polar surface area (TPSA) is 108 Å². The number of ether oxygens (including phenoxy) is 2. The van der Waals surface area contributed by atoms with Crippen LogP contribution in [0.15, 0.2) is 18.2 Å². The molecule has 5 N–H and O–H groups in total. The van der Waals surface area contributed by atoms with Gasteiger partial charge in [0.1, 0.15) is 17.2 Å². The van der Waals surface area contributed by atoms with E-state index in [2.05, 4.69) is 15.3 Å². The molecular formula is C13H16ClN5O2. The second kappa shape index (κ2) is 6.36. The molecule has 0 aliphatic heterocycles. The van der Waals surface area contributed by atoms with E-state index in [4.69, 9.17) is 32.5 Å². The van der Waals surface area contributed by atoms with Gasteiger partial charge in [0.25, 0.3) is 0 Å². The van der Waals surface area contributed by atoms with E-state index in [0.717, 1.165) is 5.56 Å². The van der Waals surface area contributed by atoms with Crippen molar-refractivity contribution in [2.45, 2.75) is 6.54 Å². The van der Waals surface area contributed by atoms with Crippen LogP contribution in [-0.2, 0) is 6.54 Å². The highest BCUT2D eigenvalue weighted by molar-refractivity contribution is 6.32. The number of nitrogens with one attached hydrogen (secondary N) is 1. The third kappa shape index (κ3) is 3.38. The fraction of sp³-hybridized carbons (Fsp3) is 0.231. The van der Waals surface area contributed by atoms with Gasteiger partial charge < -0.3 is 26.3 Å². The maximum Gasteiger partial charge on any atom is 0.223 e. The van der Waals surface area contributed by atoms with Crippen LogP contribution in [0, 0.1) is 0 Å². The van der Waals surface area contributed by atoms with Gasteiger partial charge in [-0.05, 0) is 12.1 Å². The maximum atomic E-state index is 5.86. The molecule has 8 heteroatoms. The summed E-state index contributed by atoms with van der Waals surface area (Å²) < 4.78 is 10.5. The Kier molecular flexibility index (Phi) is 4.54. The van der Waals surface area contributed by atoms with E-state index in [1.54, 1.807) is 20.3 Å². The van der Waals surface area contributed by atoms with E-state index in [1.807, 2.05) is 12.1 Å². The summed E-state index contributed by atoms with van der Waals surface area (Å²) in [7, 11) is 3.19. The molecule has 0 bridgehead atoms. The molecule has 2 aromatic rings. The lowest BCUT2D eigenvalue weighted by Crippen LogP contribution is -2.09. The SMILES string of the molecule is COc1ccc(CNc2nc(N)nc(Cl)c2N)c(OC)c1. The van der Waals surface area contributed by atoms with E-state index in [9.17, 15) is 0 Å². The number of methoxy groups -OCH3 is 2. The van der Waals surface area contributed by atoms with Gasteiger partial charge in [-0.15, -0.1) is 0 Å². The molecule has 112 valence electrons. The van der Waals surface area contributed by atoms with Crippen molar-refractivity contribution in [3.63, 3.8) is 0 Å². The Morgan fingerprint density at radius 1 is 1.19 bits per heavy atom. The molecule has 0 aliphatic carbocycles. The Balaban J connectivity index is 2.20. The lowest BCUT2D eigenvalue weighted by molar-refractivity contribution is 0.391. The van der Waals surface area contributed by atoms with Gasteiger partial charge in [-0.2, -0.15) is 9.97 Å². The minimum atomic E-state index is 0.0541. The highest BCUT2D eigenvalue weighted by Gasteiger charge is 2.10. The number of nitrogen functional groups attached to an aromatic ring is 2. The van der Waals surface area contributed by atoms with E-state index in [1.165, 1.54) is 0 Å². The molecule has 21 heavy (non-hydrogen) atoms. The number of rotatable bonds is 5. The number of hydrogen-bond donors (Lipinski definition) is 3. The number of anilines is 3. The highest BCUT2D eigenvalue weighted by atomic mass is 35.5. The van der Waals surface area contributed by atoms with Gasteiger partial charge in [-0.25, -0.2) is 0 Å². The zero-order valence-electron chi connectivity index (χ0n) is 11.7. The van der Waals surface area contributed by atoms with Crippen LogP contribution < -0.4 is 26.3 Å². The fourth-order valence-electron chi connectivity index (χ4n) is 1.77. The summed E-state index contributed by atoms with van der Waals surface area (Å²) in [5.41, 5.74) is 12.5. The maximum absolute atomic E-state index is 5.86. The fourth-order valence-corrected chi connectivity index (χ4v) is 1.95. The molecule has 0 amide bonds. The summed E-state index contributed by atoms with van der Waals surface area (Å²) in [5.74, 6) is 1.83. The number of aromatic nitrogens is 2. The molecule has 0 atom stereocenters. The first-order chi connectivity index (χ1) is 10.0. The number of hydrogen-bond acceptors (Lipinski definition) is 7. The van der Waals surface area contributed by atoms with Crippen LogP contribution in [-0.4, -0.2) is 24.2 Å². The van der Waals surface area contributed by atoms with Gasteiger partial charge in [0.2, 0.25) is 5.95 Å². The summed E-state index contributed by atoms with van der Waals surface area (Å²) in [6, 6.07) is 5.51. The van der Waals surface area contributed by atoms with Crippen LogP contribution in [0.4, 0.5) is 17.5 Å². The lowest BCUT2D eigenvalue weighted by atomic mass is 10.2. The van der Waals surface area contributed by atoms with E-state index in [-0.39, 0.29) is 16.8 Å². The standard InChI is InChI=1S/C13H16ClN5O2/c1-20-8-4-3-7(9(5-8)21-2)6-17-12-10(15)11(14)18-13(16)19-12/h3-5H,6,15H2,1-2H3,(H3,16,17,18,19). The largest absolute Gasteiger partial charge is 0.497 e. The van der Waals surface area contributed by atoms with Crippen LogP contribution in [0.2, 0.25) is 5.15 Å². The van der Waals surface area contributed by atoms with E-state index >= 15 is 0 Å². The molecule has 2 rings (SSSR count). The number of halogens is 1. The predicted molar refractivity (Wildman–Crippen MR) is 82.7 cm³/mol. The summed E-state index contributed by atoms with van der Waals surface area (Å²) in [6.07, 6.45) is 0. The molecule has 0 aliphatic rings. The second-order valence-electron chi connectivity index (χ2n) is 4.17. The molecule has 0 saturated carbocycles. The third-order valence-electron chi connectivity index (χ3n) is 2.86. The summed E-state index contributed by atoms with van der Waals surface area (Å²) >= 11 is 5.86. The van der Waals surface area contributed by atoms with Crippen LogP contribution in [0.25, 0.3) is 0 Å². The Labute approximate surface area is 127 Å². The minimum Gasteiger partial charge on any atom is -0.497 e. The normalized spacial score (nSPS) is 10.2. The number of nitrogens with two attached hydrogens (primary N) is 2. The van der Waals surface area contributed by atoms with Gasteiger partial charge in [-0.3, -0.25) is 0 Å². The quantitative estimate of drug-likeness (QED) is 0.724. The molecule has 1 aromatic heterocycles. The minimum absolute atomic E-state index is 0.0541. The monoisotopic (exact) mass is 309 g/mol. The van der Waals surface area contributed by atoms with Gasteiger partial charge in [0.05, 0.1) is 14.2 Å². The molecule has 0 saturated heterocycles. The molecular weight excluding hydrogens is 294 g/mol. The van der Waals surface area contributed by atoms with Crippen molar-refractivity contribution in [2.24, 2.45) is 0 Å². The number of nitrogens with zero attached hydrogens (tertiary/aromatic N) is 2. The van der Waals surface area contributed by atoms with Crippen molar-refractivity contribution in [3.05, 3.63) is 28.9 Å². The number of benzene rings is 1. The Bertz CT molecular complexity index is 651. The van der Waals surface area contributed by atoms with Crippen LogP contribution in [0.1, 0.15) is 5.56 Å². The van der Waals surface area contributed by atoms with Crippen molar-refractivity contribution >= 4 is 29.1 Å². The van der Waals surface area contributed by atoms with Crippen LogP contribution >= 0.6 is 11.6 Å².